The van der Waals surface area contributed by atoms with Crippen molar-refractivity contribution in [2.24, 2.45) is 0 Å². The summed E-state index contributed by atoms with van der Waals surface area (Å²) in [4.78, 5) is 4.40. The molecule has 1 atom stereocenters. The molecule has 1 rings (SSSR count). The van der Waals surface area contributed by atoms with Crippen LogP contribution in [0, 0.1) is 6.92 Å². The van der Waals surface area contributed by atoms with E-state index in [4.69, 9.17) is 0 Å². The summed E-state index contributed by atoms with van der Waals surface area (Å²) in [5.41, 5.74) is 2.37. The Kier molecular flexibility index (Phi) is 5.05. The average molecular weight is 204 g/mol. The Bertz CT molecular complexity index is 307. The Balaban J connectivity index is 2.73. The smallest absolute Gasteiger partial charge is 0.0578 e. The Hall–Kier alpha value is -1.15. The van der Waals surface area contributed by atoms with E-state index in [0.29, 0.717) is 6.04 Å². The highest BCUT2D eigenvalue weighted by Gasteiger charge is 2.09. The second kappa shape index (κ2) is 6.36. The van der Waals surface area contributed by atoms with Crippen molar-refractivity contribution in [2.45, 2.75) is 32.7 Å². The molecule has 0 aliphatic rings. The van der Waals surface area contributed by atoms with Gasteiger partial charge in [-0.15, -0.1) is 6.58 Å². The standard InChI is InChI=1S/C13H20N2/c1-4-6-12(14-8-5-2)13-10-11(3)7-9-15-13/h4,7,9-10,12,14H,1,5-6,8H2,2-3H3. The normalized spacial score (nSPS) is 12.4. The fraction of sp³-hybridized carbons (Fsp3) is 0.462. The van der Waals surface area contributed by atoms with E-state index in [1.54, 1.807) is 0 Å². The zero-order chi connectivity index (χ0) is 11.1. The van der Waals surface area contributed by atoms with Gasteiger partial charge in [0.05, 0.1) is 11.7 Å². The maximum absolute atomic E-state index is 4.40. The quantitative estimate of drug-likeness (QED) is 0.720. The molecule has 1 N–H and O–H groups in total. The fourth-order valence-electron chi connectivity index (χ4n) is 1.54. The van der Waals surface area contributed by atoms with Crippen molar-refractivity contribution in [2.75, 3.05) is 6.54 Å². The van der Waals surface area contributed by atoms with Crippen molar-refractivity contribution in [3.63, 3.8) is 0 Å². The predicted molar refractivity (Wildman–Crippen MR) is 64.8 cm³/mol. The molecule has 1 aromatic rings. The van der Waals surface area contributed by atoms with Gasteiger partial charge < -0.3 is 5.32 Å². The molecule has 0 saturated heterocycles. The molecule has 82 valence electrons. The topological polar surface area (TPSA) is 24.9 Å². The lowest BCUT2D eigenvalue weighted by molar-refractivity contribution is 0.525. The van der Waals surface area contributed by atoms with Gasteiger partial charge in [0.2, 0.25) is 0 Å². The van der Waals surface area contributed by atoms with Crippen molar-refractivity contribution in [3.05, 3.63) is 42.2 Å². The number of hydrogen-bond donors (Lipinski definition) is 1. The van der Waals surface area contributed by atoms with Gasteiger partial charge in [0.15, 0.2) is 0 Å². The summed E-state index contributed by atoms with van der Waals surface area (Å²) < 4.78 is 0. The molecule has 0 fully saturated rings. The molecular formula is C13H20N2. The van der Waals surface area contributed by atoms with Crippen LogP contribution in [0.15, 0.2) is 31.0 Å². The highest BCUT2D eigenvalue weighted by atomic mass is 14.9. The van der Waals surface area contributed by atoms with Crippen LogP contribution in [0.3, 0.4) is 0 Å². The summed E-state index contributed by atoms with van der Waals surface area (Å²) in [5, 5.41) is 3.48. The van der Waals surface area contributed by atoms with Gasteiger partial charge in [0.25, 0.3) is 0 Å². The lowest BCUT2D eigenvalue weighted by atomic mass is 10.1. The van der Waals surface area contributed by atoms with Crippen LogP contribution in [0.25, 0.3) is 0 Å². The van der Waals surface area contributed by atoms with Crippen LogP contribution in [0.1, 0.15) is 37.1 Å². The number of aromatic nitrogens is 1. The predicted octanol–water partition coefficient (Wildman–Crippen LogP) is 3.01. The molecule has 15 heavy (non-hydrogen) atoms. The van der Waals surface area contributed by atoms with Gasteiger partial charge in [-0.1, -0.05) is 13.0 Å². The molecule has 0 spiro atoms. The monoisotopic (exact) mass is 204 g/mol. The molecule has 0 aliphatic heterocycles. The third kappa shape index (κ3) is 3.84. The van der Waals surface area contributed by atoms with E-state index in [2.05, 4.69) is 36.8 Å². The Morgan fingerprint density at radius 3 is 3.00 bits per heavy atom. The molecule has 1 aromatic heterocycles. The van der Waals surface area contributed by atoms with Crippen LogP contribution in [-0.2, 0) is 0 Å². The Labute approximate surface area is 92.4 Å². The van der Waals surface area contributed by atoms with Gasteiger partial charge in [-0.05, 0) is 44.0 Å². The van der Waals surface area contributed by atoms with Crippen LogP contribution in [0.4, 0.5) is 0 Å². The number of hydrogen-bond acceptors (Lipinski definition) is 2. The van der Waals surface area contributed by atoms with Crippen LogP contribution in [0.5, 0.6) is 0 Å². The number of pyridine rings is 1. The van der Waals surface area contributed by atoms with Crippen LogP contribution < -0.4 is 5.32 Å². The van der Waals surface area contributed by atoms with E-state index in [1.165, 1.54) is 5.56 Å². The molecule has 2 nitrogen and oxygen atoms in total. The first-order chi connectivity index (χ1) is 7.27. The van der Waals surface area contributed by atoms with E-state index in [-0.39, 0.29) is 0 Å². The highest BCUT2D eigenvalue weighted by molar-refractivity contribution is 5.17. The zero-order valence-electron chi connectivity index (χ0n) is 9.66. The van der Waals surface area contributed by atoms with Crippen molar-refractivity contribution in [1.29, 1.82) is 0 Å². The zero-order valence-corrected chi connectivity index (χ0v) is 9.66. The lowest BCUT2D eigenvalue weighted by Crippen LogP contribution is -2.22. The Morgan fingerprint density at radius 1 is 1.60 bits per heavy atom. The third-order valence-electron chi connectivity index (χ3n) is 2.34. The third-order valence-corrected chi connectivity index (χ3v) is 2.34. The maximum Gasteiger partial charge on any atom is 0.0578 e. The molecule has 2 heteroatoms. The minimum absolute atomic E-state index is 0.308. The minimum atomic E-state index is 0.308. The second-order valence-corrected chi connectivity index (χ2v) is 3.79. The summed E-state index contributed by atoms with van der Waals surface area (Å²) >= 11 is 0. The fourth-order valence-corrected chi connectivity index (χ4v) is 1.54. The van der Waals surface area contributed by atoms with Crippen LogP contribution in [0.2, 0.25) is 0 Å². The van der Waals surface area contributed by atoms with E-state index < -0.39 is 0 Å². The number of nitrogens with zero attached hydrogens (tertiary/aromatic N) is 1. The highest BCUT2D eigenvalue weighted by Crippen LogP contribution is 2.15. The van der Waals surface area contributed by atoms with Crippen LogP contribution >= 0.6 is 0 Å². The molecule has 1 heterocycles. The summed E-state index contributed by atoms with van der Waals surface area (Å²) in [6, 6.07) is 4.47. The molecule has 0 aromatic carbocycles. The molecule has 0 saturated carbocycles. The maximum atomic E-state index is 4.40. The van der Waals surface area contributed by atoms with Crippen molar-refractivity contribution in [3.8, 4) is 0 Å². The first kappa shape index (κ1) is 11.9. The number of aryl methyl sites for hydroxylation is 1. The van der Waals surface area contributed by atoms with Gasteiger partial charge in [0, 0.05) is 6.20 Å². The van der Waals surface area contributed by atoms with Crippen molar-refractivity contribution < 1.29 is 0 Å². The molecule has 0 aliphatic carbocycles. The molecular weight excluding hydrogens is 184 g/mol. The first-order valence-corrected chi connectivity index (χ1v) is 5.54. The van der Waals surface area contributed by atoms with Gasteiger partial charge in [-0.2, -0.15) is 0 Å². The lowest BCUT2D eigenvalue weighted by Gasteiger charge is -2.16. The van der Waals surface area contributed by atoms with Crippen LogP contribution in [-0.4, -0.2) is 11.5 Å². The van der Waals surface area contributed by atoms with E-state index in [0.717, 1.165) is 25.1 Å². The first-order valence-electron chi connectivity index (χ1n) is 5.54. The SMILES string of the molecule is C=CCC(NCCC)c1cc(C)ccn1. The summed E-state index contributed by atoms with van der Waals surface area (Å²) in [7, 11) is 0. The van der Waals surface area contributed by atoms with Crippen molar-refractivity contribution in [1.82, 2.24) is 10.3 Å². The summed E-state index contributed by atoms with van der Waals surface area (Å²) in [5.74, 6) is 0. The molecule has 0 radical (unpaired) electrons. The largest absolute Gasteiger partial charge is 0.308 e. The van der Waals surface area contributed by atoms with Gasteiger partial charge in [-0.3, -0.25) is 4.98 Å². The number of rotatable bonds is 6. The Morgan fingerprint density at radius 2 is 2.40 bits per heavy atom. The van der Waals surface area contributed by atoms with Gasteiger partial charge in [0.1, 0.15) is 0 Å². The second-order valence-electron chi connectivity index (χ2n) is 3.79. The van der Waals surface area contributed by atoms with E-state index in [1.807, 2.05) is 18.3 Å². The molecule has 1 unspecified atom stereocenters. The van der Waals surface area contributed by atoms with E-state index in [9.17, 15) is 0 Å². The van der Waals surface area contributed by atoms with Crippen molar-refractivity contribution >= 4 is 0 Å². The number of nitrogens with one attached hydrogen (secondary N) is 1. The summed E-state index contributed by atoms with van der Waals surface area (Å²) in [6.07, 6.45) is 5.88. The van der Waals surface area contributed by atoms with Gasteiger partial charge >= 0.3 is 0 Å². The molecule has 0 bridgehead atoms. The summed E-state index contributed by atoms with van der Waals surface area (Å²) in [6.45, 7) is 9.07. The van der Waals surface area contributed by atoms with Gasteiger partial charge in [-0.25, -0.2) is 0 Å². The minimum Gasteiger partial charge on any atom is -0.308 e. The van der Waals surface area contributed by atoms with E-state index >= 15 is 0 Å². The molecule has 0 amide bonds. The average Bonchev–Trinajstić information content (AvgIpc) is 2.24.